The van der Waals surface area contributed by atoms with E-state index in [1.165, 1.54) is 0 Å². The number of rotatable bonds is 6. The van der Waals surface area contributed by atoms with Gasteiger partial charge in [0.05, 0.1) is 20.3 Å². The number of hydrogen-bond donors (Lipinski definition) is 3. The highest BCUT2D eigenvalue weighted by Gasteiger charge is 2.09. The molecule has 21 heavy (non-hydrogen) atoms. The fourth-order valence-corrected chi connectivity index (χ4v) is 1.98. The average Bonchev–Trinajstić information content (AvgIpc) is 2.52. The van der Waals surface area contributed by atoms with E-state index in [9.17, 15) is 10.2 Å². The molecule has 0 radical (unpaired) electrons. The molecule has 5 nitrogen and oxygen atoms in total. The van der Waals surface area contributed by atoms with Gasteiger partial charge < -0.3 is 25.0 Å². The summed E-state index contributed by atoms with van der Waals surface area (Å²) < 4.78 is 10.4. The Kier molecular flexibility index (Phi) is 4.90. The van der Waals surface area contributed by atoms with Gasteiger partial charge in [-0.25, -0.2) is 0 Å². The van der Waals surface area contributed by atoms with E-state index >= 15 is 0 Å². The first-order chi connectivity index (χ1) is 10.1. The Balaban J connectivity index is 2.00. The number of aliphatic hydroxyl groups is 1. The van der Waals surface area contributed by atoms with E-state index in [2.05, 4.69) is 5.32 Å². The number of anilines is 1. The normalized spacial score (nSPS) is 11.8. The van der Waals surface area contributed by atoms with Crippen molar-refractivity contribution in [1.82, 2.24) is 0 Å². The van der Waals surface area contributed by atoms with Gasteiger partial charge in [0, 0.05) is 18.3 Å². The fraction of sp³-hybridized carbons (Fsp3) is 0.250. The summed E-state index contributed by atoms with van der Waals surface area (Å²) in [4.78, 5) is 0. The molecule has 0 aliphatic rings. The van der Waals surface area contributed by atoms with Crippen LogP contribution in [-0.2, 0) is 0 Å². The highest BCUT2D eigenvalue weighted by molar-refractivity contribution is 5.54. The van der Waals surface area contributed by atoms with Crippen LogP contribution in [0.5, 0.6) is 17.2 Å². The molecule has 0 aliphatic carbocycles. The van der Waals surface area contributed by atoms with Crippen molar-refractivity contribution in [3.05, 3.63) is 48.0 Å². The second-order valence-electron chi connectivity index (χ2n) is 4.56. The molecule has 0 aromatic heterocycles. The predicted octanol–water partition coefficient (Wildman–Crippen LogP) is 2.55. The Hall–Kier alpha value is -2.40. The molecule has 1 atom stereocenters. The van der Waals surface area contributed by atoms with Crippen molar-refractivity contribution < 1.29 is 19.7 Å². The number of hydrogen-bond acceptors (Lipinski definition) is 5. The average molecular weight is 289 g/mol. The molecule has 0 fully saturated rings. The number of aliphatic hydroxyl groups excluding tert-OH is 1. The predicted molar refractivity (Wildman–Crippen MR) is 81.1 cm³/mol. The SMILES string of the molecule is COc1ccc(NC[C@H](O)c2ccc(O)cc2)cc1OC. The molecule has 3 N–H and O–H groups in total. The van der Waals surface area contributed by atoms with E-state index in [0.717, 1.165) is 11.3 Å². The number of phenols is 1. The summed E-state index contributed by atoms with van der Waals surface area (Å²) in [5.41, 5.74) is 1.56. The molecule has 2 aromatic rings. The van der Waals surface area contributed by atoms with Crippen molar-refractivity contribution >= 4 is 5.69 Å². The van der Waals surface area contributed by atoms with E-state index in [0.29, 0.717) is 18.0 Å². The summed E-state index contributed by atoms with van der Waals surface area (Å²) in [7, 11) is 3.16. The van der Waals surface area contributed by atoms with Gasteiger partial charge in [0.15, 0.2) is 11.5 Å². The summed E-state index contributed by atoms with van der Waals surface area (Å²) in [5, 5.41) is 22.5. The number of benzene rings is 2. The van der Waals surface area contributed by atoms with Crippen molar-refractivity contribution in [1.29, 1.82) is 0 Å². The molecule has 0 aliphatic heterocycles. The number of aromatic hydroxyl groups is 1. The zero-order chi connectivity index (χ0) is 15.2. The maximum atomic E-state index is 10.1. The van der Waals surface area contributed by atoms with Crippen LogP contribution in [0.15, 0.2) is 42.5 Å². The van der Waals surface area contributed by atoms with Crippen LogP contribution >= 0.6 is 0 Å². The zero-order valence-corrected chi connectivity index (χ0v) is 12.0. The Morgan fingerprint density at radius 2 is 1.67 bits per heavy atom. The smallest absolute Gasteiger partial charge is 0.162 e. The number of methoxy groups -OCH3 is 2. The second-order valence-corrected chi connectivity index (χ2v) is 4.56. The van der Waals surface area contributed by atoms with Gasteiger partial charge in [0.1, 0.15) is 5.75 Å². The highest BCUT2D eigenvalue weighted by Crippen LogP contribution is 2.30. The Morgan fingerprint density at radius 1 is 1.00 bits per heavy atom. The molecule has 2 aromatic carbocycles. The lowest BCUT2D eigenvalue weighted by atomic mass is 10.1. The molecular weight excluding hydrogens is 270 g/mol. The van der Waals surface area contributed by atoms with Crippen LogP contribution < -0.4 is 14.8 Å². The van der Waals surface area contributed by atoms with Gasteiger partial charge in [0.2, 0.25) is 0 Å². The van der Waals surface area contributed by atoms with E-state index in [4.69, 9.17) is 9.47 Å². The lowest BCUT2D eigenvalue weighted by Crippen LogP contribution is -2.12. The third-order valence-corrected chi connectivity index (χ3v) is 3.16. The van der Waals surface area contributed by atoms with Crippen molar-refractivity contribution in [3.63, 3.8) is 0 Å². The number of phenolic OH excluding ortho intramolecular Hbond substituents is 1. The van der Waals surface area contributed by atoms with E-state index in [-0.39, 0.29) is 5.75 Å². The van der Waals surface area contributed by atoms with Gasteiger partial charge in [-0.1, -0.05) is 12.1 Å². The minimum absolute atomic E-state index is 0.179. The standard InChI is InChI=1S/C16H19NO4/c1-20-15-8-5-12(9-16(15)21-2)17-10-14(19)11-3-6-13(18)7-4-11/h3-9,14,17-19H,10H2,1-2H3/t14-/m0/s1. The first kappa shape index (κ1) is 15.0. The van der Waals surface area contributed by atoms with Crippen LogP contribution in [0.25, 0.3) is 0 Å². The molecule has 112 valence electrons. The lowest BCUT2D eigenvalue weighted by Gasteiger charge is -2.15. The summed E-state index contributed by atoms with van der Waals surface area (Å²) in [5.74, 6) is 1.46. The highest BCUT2D eigenvalue weighted by atomic mass is 16.5. The maximum absolute atomic E-state index is 10.1. The molecule has 0 unspecified atom stereocenters. The molecule has 0 bridgehead atoms. The van der Waals surface area contributed by atoms with Crippen molar-refractivity contribution in [2.75, 3.05) is 26.1 Å². The van der Waals surface area contributed by atoms with Gasteiger partial charge in [-0.15, -0.1) is 0 Å². The van der Waals surface area contributed by atoms with E-state index in [1.807, 2.05) is 12.1 Å². The van der Waals surface area contributed by atoms with Gasteiger partial charge in [-0.2, -0.15) is 0 Å². The fourth-order valence-electron chi connectivity index (χ4n) is 1.98. The molecule has 0 saturated carbocycles. The molecule has 5 heteroatoms. The third kappa shape index (κ3) is 3.79. The molecule has 0 heterocycles. The van der Waals surface area contributed by atoms with Gasteiger partial charge in [-0.05, 0) is 29.8 Å². The third-order valence-electron chi connectivity index (χ3n) is 3.16. The summed E-state index contributed by atoms with van der Waals surface area (Å²) >= 11 is 0. The largest absolute Gasteiger partial charge is 0.508 e. The quantitative estimate of drug-likeness (QED) is 0.762. The van der Waals surface area contributed by atoms with Gasteiger partial charge >= 0.3 is 0 Å². The van der Waals surface area contributed by atoms with Crippen molar-refractivity contribution in [3.8, 4) is 17.2 Å². The van der Waals surface area contributed by atoms with Crippen molar-refractivity contribution in [2.45, 2.75) is 6.10 Å². The number of nitrogens with one attached hydrogen (secondary N) is 1. The van der Waals surface area contributed by atoms with Crippen LogP contribution in [0.1, 0.15) is 11.7 Å². The second kappa shape index (κ2) is 6.85. The minimum Gasteiger partial charge on any atom is -0.508 e. The Bertz CT molecular complexity index is 583. The van der Waals surface area contributed by atoms with Crippen LogP contribution in [0, 0.1) is 0 Å². The van der Waals surface area contributed by atoms with Crippen molar-refractivity contribution in [2.24, 2.45) is 0 Å². The summed E-state index contributed by atoms with van der Waals surface area (Å²) in [6, 6.07) is 11.9. The lowest BCUT2D eigenvalue weighted by molar-refractivity contribution is 0.191. The summed E-state index contributed by atoms with van der Waals surface area (Å²) in [6.07, 6.45) is -0.668. The van der Waals surface area contributed by atoms with Crippen LogP contribution in [0.4, 0.5) is 5.69 Å². The summed E-state index contributed by atoms with van der Waals surface area (Å²) in [6.45, 7) is 0.347. The molecular formula is C16H19NO4. The van der Waals surface area contributed by atoms with E-state index in [1.54, 1.807) is 44.6 Å². The first-order valence-electron chi connectivity index (χ1n) is 6.57. The van der Waals surface area contributed by atoms with Gasteiger partial charge in [0.25, 0.3) is 0 Å². The molecule has 0 amide bonds. The minimum atomic E-state index is -0.668. The molecule has 0 saturated heterocycles. The monoisotopic (exact) mass is 289 g/mol. The zero-order valence-electron chi connectivity index (χ0n) is 12.0. The first-order valence-corrected chi connectivity index (χ1v) is 6.57. The number of ether oxygens (including phenoxy) is 2. The topological polar surface area (TPSA) is 71.0 Å². The Morgan fingerprint density at radius 3 is 2.29 bits per heavy atom. The van der Waals surface area contributed by atoms with Crippen LogP contribution in [0.2, 0.25) is 0 Å². The molecule has 0 spiro atoms. The van der Waals surface area contributed by atoms with Crippen LogP contribution in [-0.4, -0.2) is 31.0 Å². The van der Waals surface area contributed by atoms with Gasteiger partial charge in [-0.3, -0.25) is 0 Å². The maximum Gasteiger partial charge on any atom is 0.162 e. The Labute approximate surface area is 123 Å². The van der Waals surface area contributed by atoms with E-state index < -0.39 is 6.10 Å². The van der Waals surface area contributed by atoms with Crippen LogP contribution in [0.3, 0.4) is 0 Å². The molecule has 2 rings (SSSR count).